The van der Waals surface area contributed by atoms with Gasteiger partial charge in [0.25, 0.3) is 0 Å². The van der Waals surface area contributed by atoms with Crippen molar-refractivity contribution >= 4 is 5.84 Å². The number of hydrogen-bond acceptors (Lipinski definition) is 4. The third kappa shape index (κ3) is 3.33. The summed E-state index contributed by atoms with van der Waals surface area (Å²) in [4.78, 5) is 4.07. The van der Waals surface area contributed by atoms with Gasteiger partial charge in [0.05, 0.1) is 0 Å². The zero-order valence-electron chi connectivity index (χ0n) is 11.4. The summed E-state index contributed by atoms with van der Waals surface area (Å²) in [5.74, 6) is 0.127. The van der Waals surface area contributed by atoms with E-state index in [0.717, 1.165) is 23.2 Å². The van der Waals surface area contributed by atoms with Crippen molar-refractivity contribution in [1.82, 2.24) is 10.3 Å². The molecule has 2 aromatic rings. The molecule has 0 atom stereocenters. The van der Waals surface area contributed by atoms with E-state index in [0.29, 0.717) is 6.54 Å². The molecular weight excluding hydrogens is 252 g/mol. The summed E-state index contributed by atoms with van der Waals surface area (Å²) in [5.41, 5.74) is 9.77. The average Bonchev–Trinajstić information content (AvgIpc) is 2.49. The topological polar surface area (TPSA) is 83.5 Å². The van der Waals surface area contributed by atoms with Gasteiger partial charge in [0.2, 0.25) is 0 Å². The number of aryl methyl sites for hydroxylation is 1. The van der Waals surface area contributed by atoms with Crippen LogP contribution in [0.1, 0.15) is 22.3 Å². The summed E-state index contributed by atoms with van der Waals surface area (Å²) >= 11 is 0. The molecule has 5 heteroatoms. The second-order valence-corrected chi connectivity index (χ2v) is 4.55. The van der Waals surface area contributed by atoms with Crippen molar-refractivity contribution in [3.05, 3.63) is 65.0 Å². The molecule has 0 bridgehead atoms. The number of pyridine rings is 1. The van der Waals surface area contributed by atoms with Crippen LogP contribution < -0.4 is 11.1 Å². The highest BCUT2D eigenvalue weighted by molar-refractivity contribution is 5.98. The number of aromatic nitrogens is 1. The number of amidine groups is 1. The number of oxime groups is 1. The minimum absolute atomic E-state index is 0.127. The van der Waals surface area contributed by atoms with Crippen molar-refractivity contribution in [3.63, 3.8) is 0 Å². The van der Waals surface area contributed by atoms with Gasteiger partial charge >= 0.3 is 0 Å². The highest BCUT2D eigenvalue weighted by Crippen LogP contribution is 2.09. The minimum atomic E-state index is 0.127. The van der Waals surface area contributed by atoms with E-state index in [2.05, 4.69) is 15.5 Å². The van der Waals surface area contributed by atoms with Gasteiger partial charge < -0.3 is 16.3 Å². The lowest BCUT2D eigenvalue weighted by atomic mass is 10.1. The second kappa shape index (κ2) is 6.68. The van der Waals surface area contributed by atoms with Gasteiger partial charge in [0, 0.05) is 31.0 Å². The van der Waals surface area contributed by atoms with Crippen LogP contribution in [0.25, 0.3) is 0 Å². The molecule has 5 nitrogen and oxygen atoms in total. The first kappa shape index (κ1) is 14.0. The van der Waals surface area contributed by atoms with Gasteiger partial charge in [-0.25, -0.2) is 0 Å². The summed E-state index contributed by atoms with van der Waals surface area (Å²) in [6.45, 7) is 3.43. The first-order valence-corrected chi connectivity index (χ1v) is 6.38. The van der Waals surface area contributed by atoms with Crippen LogP contribution in [0.4, 0.5) is 0 Å². The molecule has 1 aromatic heterocycles. The van der Waals surface area contributed by atoms with E-state index in [4.69, 9.17) is 10.9 Å². The average molecular weight is 270 g/mol. The van der Waals surface area contributed by atoms with Crippen LogP contribution in [0.15, 0.2) is 47.9 Å². The van der Waals surface area contributed by atoms with Crippen molar-refractivity contribution in [2.24, 2.45) is 10.9 Å². The first-order chi connectivity index (χ1) is 9.72. The normalized spacial score (nSPS) is 11.6. The summed E-state index contributed by atoms with van der Waals surface area (Å²) in [5, 5.41) is 15.2. The molecule has 0 amide bonds. The van der Waals surface area contributed by atoms with Gasteiger partial charge in [0.15, 0.2) is 5.84 Å². The van der Waals surface area contributed by atoms with Gasteiger partial charge in [-0.2, -0.15) is 0 Å². The third-order valence-corrected chi connectivity index (χ3v) is 3.17. The van der Waals surface area contributed by atoms with Crippen molar-refractivity contribution in [3.8, 4) is 0 Å². The molecule has 1 aromatic carbocycles. The molecule has 0 saturated carbocycles. The summed E-state index contributed by atoms with van der Waals surface area (Å²) < 4.78 is 0. The lowest BCUT2D eigenvalue weighted by Gasteiger charge is -2.10. The van der Waals surface area contributed by atoms with Crippen molar-refractivity contribution in [2.75, 3.05) is 0 Å². The van der Waals surface area contributed by atoms with Crippen LogP contribution in [-0.2, 0) is 13.1 Å². The molecular formula is C15H18N4O. The van der Waals surface area contributed by atoms with Crippen molar-refractivity contribution in [2.45, 2.75) is 20.0 Å². The molecule has 0 spiro atoms. The molecule has 0 saturated heterocycles. The molecule has 104 valence electrons. The molecule has 0 aliphatic heterocycles. The molecule has 0 unspecified atom stereocenters. The smallest absolute Gasteiger partial charge is 0.170 e. The number of hydrogen-bond donors (Lipinski definition) is 3. The fraction of sp³-hybridized carbons (Fsp3) is 0.200. The Labute approximate surface area is 118 Å². The molecule has 0 aliphatic rings. The predicted molar refractivity (Wildman–Crippen MR) is 78.5 cm³/mol. The van der Waals surface area contributed by atoms with Crippen LogP contribution in [0, 0.1) is 6.92 Å². The Morgan fingerprint density at radius 1 is 1.25 bits per heavy atom. The number of rotatable bonds is 5. The van der Waals surface area contributed by atoms with E-state index >= 15 is 0 Å². The van der Waals surface area contributed by atoms with E-state index in [1.54, 1.807) is 6.20 Å². The largest absolute Gasteiger partial charge is 0.409 e. The fourth-order valence-electron chi connectivity index (χ4n) is 2.01. The Bertz CT molecular complexity index is 610. The Morgan fingerprint density at radius 2 is 2.00 bits per heavy atom. The lowest BCUT2D eigenvalue weighted by molar-refractivity contribution is 0.318. The van der Waals surface area contributed by atoms with Gasteiger partial charge in [-0.15, -0.1) is 0 Å². The fourth-order valence-corrected chi connectivity index (χ4v) is 2.01. The molecule has 0 fully saturated rings. The van der Waals surface area contributed by atoms with Crippen LogP contribution in [-0.4, -0.2) is 16.0 Å². The number of nitrogens with one attached hydrogen (secondary N) is 1. The number of benzene rings is 1. The van der Waals surface area contributed by atoms with Crippen LogP contribution >= 0.6 is 0 Å². The molecule has 0 aliphatic carbocycles. The maximum absolute atomic E-state index is 8.79. The van der Waals surface area contributed by atoms with Crippen LogP contribution in [0.3, 0.4) is 0 Å². The standard InChI is InChI=1S/C15H18N4O/c1-11-8-17-7-6-12(11)9-18-10-13-4-2-3-5-14(13)15(16)19-20/h2-8,18,20H,9-10H2,1H3,(H2,16,19). The predicted octanol–water partition coefficient (Wildman–Crippen LogP) is 1.77. The summed E-state index contributed by atoms with van der Waals surface area (Å²) in [6, 6.07) is 9.59. The monoisotopic (exact) mass is 270 g/mol. The van der Waals surface area contributed by atoms with Crippen molar-refractivity contribution < 1.29 is 5.21 Å². The number of nitrogens with two attached hydrogens (primary N) is 1. The first-order valence-electron chi connectivity index (χ1n) is 6.38. The quantitative estimate of drug-likeness (QED) is 0.335. The van der Waals surface area contributed by atoms with E-state index in [1.165, 1.54) is 5.56 Å². The van der Waals surface area contributed by atoms with Gasteiger partial charge in [-0.1, -0.05) is 29.4 Å². The van der Waals surface area contributed by atoms with Gasteiger partial charge in [0.1, 0.15) is 0 Å². The second-order valence-electron chi connectivity index (χ2n) is 4.55. The highest BCUT2D eigenvalue weighted by atomic mass is 16.4. The zero-order chi connectivity index (χ0) is 14.4. The lowest BCUT2D eigenvalue weighted by Crippen LogP contribution is -2.20. The maximum Gasteiger partial charge on any atom is 0.170 e. The molecule has 4 N–H and O–H groups in total. The van der Waals surface area contributed by atoms with Crippen molar-refractivity contribution in [1.29, 1.82) is 0 Å². The number of nitrogens with zero attached hydrogens (tertiary/aromatic N) is 2. The molecule has 2 rings (SSSR count). The van der Waals surface area contributed by atoms with Gasteiger partial charge in [-0.3, -0.25) is 4.98 Å². The summed E-state index contributed by atoms with van der Waals surface area (Å²) in [6.07, 6.45) is 3.63. The van der Waals surface area contributed by atoms with Crippen LogP contribution in [0.2, 0.25) is 0 Å². The van der Waals surface area contributed by atoms with Crippen LogP contribution in [0.5, 0.6) is 0 Å². The maximum atomic E-state index is 8.79. The van der Waals surface area contributed by atoms with Gasteiger partial charge in [-0.05, 0) is 29.7 Å². The summed E-state index contributed by atoms with van der Waals surface area (Å²) in [7, 11) is 0. The Balaban J connectivity index is 2.03. The van der Waals surface area contributed by atoms with E-state index in [1.807, 2.05) is 43.5 Å². The molecule has 20 heavy (non-hydrogen) atoms. The third-order valence-electron chi connectivity index (χ3n) is 3.17. The highest BCUT2D eigenvalue weighted by Gasteiger charge is 2.06. The Hall–Kier alpha value is -2.40. The van der Waals surface area contributed by atoms with E-state index in [9.17, 15) is 0 Å². The van der Waals surface area contributed by atoms with E-state index < -0.39 is 0 Å². The minimum Gasteiger partial charge on any atom is -0.409 e. The SMILES string of the molecule is Cc1cnccc1CNCc1ccccc1/C(N)=N/O. The molecule has 0 radical (unpaired) electrons. The Kier molecular flexibility index (Phi) is 4.68. The zero-order valence-corrected chi connectivity index (χ0v) is 11.4. The van der Waals surface area contributed by atoms with E-state index in [-0.39, 0.29) is 5.84 Å². The Morgan fingerprint density at radius 3 is 2.75 bits per heavy atom. The molecule has 1 heterocycles.